The summed E-state index contributed by atoms with van der Waals surface area (Å²) in [5.74, 6) is 1.51. The Bertz CT molecular complexity index is 564. The summed E-state index contributed by atoms with van der Waals surface area (Å²) in [5.41, 5.74) is 0.967. The van der Waals surface area contributed by atoms with Gasteiger partial charge >= 0.3 is 0 Å². The van der Waals surface area contributed by atoms with Gasteiger partial charge in [-0.2, -0.15) is 0 Å². The molecule has 2 aromatic rings. The summed E-state index contributed by atoms with van der Waals surface area (Å²) >= 11 is 3.12. The summed E-state index contributed by atoms with van der Waals surface area (Å²) in [6.07, 6.45) is 3.31. The van der Waals surface area contributed by atoms with Gasteiger partial charge in [-0.3, -0.25) is 4.79 Å². The summed E-state index contributed by atoms with van der Waals surface area (Å²) in [6.45, 7) is 5.97. The molecule has 0 bridgehead atoms. The fourth-order valence-corrected chi connectivity index (χ4v) is 3.18. The quantitative estimate of drug-likeness (QED) is 0.797. The zero-order chi connectivity index (χ0) is 14.4. The summed E-state index contributed by atoms with van der Waals surface area (Å²) in [5, 5.41) is 5.55. The lowest BCUT2D eigenvalue weighted by molar-refractivity contribution is -0.120. The van der Waals surface area contributed by atoms with Crippen molar-refractivity contribution in [3.05, 3.63) is 42.1 Å². The zero-order valence-electron chi connectivity index (χ0n) is 11.2. The molecular weight excluding hydrogens is 292 g/mol. The summed E-state index contributed by atoms with van der Waals surface area (Å²) < 4.78 is 5.31. The number of thiazole rings is 1. The molecule has 1 atom stereocenters. The van der Waals surface area contributed by atoms with E-state index in [1.165, 1.54) is 0 Å². The van der Waals surface area contributed by atoms with Crippen LogP contribution in [0, 0.1) is 0 Å². The van der Waals surface area contributed by atoms with Crippen LogP contribution in [-0.2, 0) is 10.5 Å². The van der Waals surface area contributed by atoms with Gasteiger partial charge in [0.2, 0.25) is 5.91 Å². The topological polar surface area (TPSA) is 55.1 Å². The van der Waals surface area contributed by atoms with Crippen molar-refractivity contribution >= 4 is 29.0 Å². The second-order valence-corrected chi connectivity index (χ2v) is 6.30. The number of nitrogens with zero attached hydrogens (tertiary/aromatic N) is 1. The first-order chi connectivity index (χ1) is 9.70. The van der Waals surface area contributed by atoms with Crippen molar-refractivity contribution in [2.24, 2.45) is 0 Å². The molecule has 6 heteroatoms. The number of hydrogen-bond donors (Lipinski definition) is 1. The lowest BCUT2D eigenvalue weighted by atomic mass is 10.4. The van der Waals surface area contributed by atoms with Crippen LogP contribution < -0.4 is 5.32 Å². The first kappa shape index (κ1) is 14.9. The minimum atomic E-state index is -0.108. The molecule has 1 amide bonds. The van der Waals surface area contributed by atoms with Gasteiger partial charge in [-0.05, 0) is 19.1 Å². The second-order valence-electron chi connectivity index (χ2n) is 4.11. The summed E-state index contributed by atoms with van der Waals surface area (Å²) in [7, 11) is 0. The van der Waals surface area contributed by atoms with Crippen molar-refractivity contribution in [3.8, 4) is 10.8 Å². The number of furan rings is 1. The smallest absolute Gasteiger partial charge is 0.233 e. The molecule has 0 aliphatic heterocycles. The Kier molecular flexibility index (Phi) is 5.43. The molecule has 106 valence electrons. The number of carbonyl (C=O) groups excluding carboxylic acids is 1. The maximum Gasteiger partial charge on any atom is 0.233 e. The molecule has 0 radical (unpaired) electrons. The number of hydrogen-bond acceptors (Lipinski definition) is 5. The van der Waals surface area contributed by atoms with E-state index in [1.54, 1.807) is 35.4 Å². The van der Waals surface area contributed by atoms with E-state index in [-0.39, 0.29) is 11.2 Å². The number of thioether (sulfide) groups is 1. The fraction of sp³-hybridized carbons (Fsp3) is 0.286. The van der Waals surface area contributed by atoms with Crippen LogP contribution in [0.2, 0.25) is 0 Å². The molecule has 1 unspecified atom stereocenters. The molecule has 0 fully saturated rings. The van der Waals surface area contributed by atoms with Crippen molar-refractivity contribution in [3.63, 3.8) is 0 Å². The highest BCUT2D eigenvalue weighted by atomic mass is 32.2. The van der Waals surface area contributed by atoms with E-state index in [0.29, 0.717) is 12.3 Å². The van der Waals surface area contributed by atoms with Gasteiger partial charge in [-0.25, -0.2) is 4.98 Å². The van der Waals surface area contributed by atoms with Crippen LogP contribution in [0.5, 0.6) is 0 Å². The minimum Gasteiger partial charge on any atom is -0.462 e. The standard InChI is InChI=1S/C14H16N2O2S2/c1-3-6-15-13(17)10(2)19-8-11-9-20-14(16-11)12-5-4-7-18-12/h3-5,7,9-10H,1,6,8H2,2H3,(H,15,17). The molecule has 0 aromatic carbocycles. The SMILES string of the molecule is C=CCNC(=O)C(C)SCc1csc(-c2ccco2)n1. The van der Waals surface area contributed by atoms with Gasteiger partial charge in [0, 0.05) is 17.7 Å². The predicted molar refractivity (Wildman–Crippen MR) is 83.8 cm³/mol. The number of aromatic nitrogens is 1. The Hall–Kier alpha value is -1.53. The van der Waals surface area contributed by atoms with E-state index in [2.05, 4.69) is 16.9 Å². The normalized spacial score (nSPS) is 12.1. The average molecular weight is 308 g/mol. The highest BCUT2D eigenvalue weighted by molar-refractivity contribution is 7.99. The molecule has 0 saturated heterocycles. The van der Waals surface area contributed by atoms with Crippen molar-refractivity contribution in [1.82, 2.24) is 10.3 Å². The van der Waals surface area contributed by atoms with Gasteiger partial charge in [0.05, 0.1) is 17.2 Å². The molecule has 20 heavy (non-hydrogen) atoms. The average Bonchev–Trinajstić information content (AvgIpc) is 3.12. The Morgan fingerprint density at radius 3 is 3.25 bits per heavy atom. The first-order valence-electron chi connectivity index (χ1n) is 6.19. The maximum absolute atomic E-state index is 11.7. The van der Waals surface area contributed by atoms with E-state index < -0.39 is 0 Å². The lowest BCUT2D eigenvalue weighted by Gasteiger charge is -2.09. The lowest BCUT2D eigenvalue weighted by Crippen LogP contribution is -2.30. The van der Waals surface area contributed by atoms with Gasteiger partial charge < -0.3 is 9.73 Å². The van der Waals surface area contributed by atoms with Gasteiger partial charge in [-0.1, -0.05) is 6.08 Å². The summed E-state index contributed by atoms with van der Waals surface area (Å²) in [6, 6.07) is 3.73. The van der Waals surface area contributed by atoms with Crippen molar-refractivity contribution in [1.29, 1.82) is 0 Å². The third-order valence-corrected chi connectivity index (χ3v) is 4.64. The van der Waals surface area contributed by atoms with Crippen LogP contribution in [0.15, 0.2) is 40.8 Å². The Morgan fingerprint density at radius 1 is 1.70 bits per heavy atom. The van der Waals surface area contributed by atoms with Gasteiger partial charge in [-0.15, -0.1) is 29.7 Å². The first-order valence-corrected chi connectivity index (χ1v) is 8.12. The number of amides is 1. The molecule has 2 aromatic heterocycles. The number of carbonyl (C=O) groups is 1. The largest absolute Gasteiger partial charge is 0.462 e. The monoisotopic (exact) mass is 308 g/mol. The molecule has 0 saturated carbocycles. The van der Waals surface area contributed by atoms with Crippen LogP contribution in [0.1, 0.15) is 12.6 Å². The van der Waals surface area contributed by atoms with Crippen molar-refractivity contribution in [2.45, 2.75) is 17.9 Å². The van der Waals surface area contributed by atoms with Crippen LogP contribution in [0.25, 0.3) is 10.8 Å². The Morgan fingerprint density at radius 2 is 2.55 bits per heavy atom. The van der Waals surface area contributed by atoms with Crippen LogP contribution in [-0.4, -0.2) is 22.7 Å². The minimum absolute atomic E-state index is 0.0244. The predicted octanol–water partition coefficient (Wildman–Crippen LogP) is 3.33. The molecular formula is C14H16N2O2S2. The Labute approximate surface area is 126 Å². The van der Waals surface area contributed by atoms with Crippen molar-refractivity contribution in [2.75, 3.05) is 6.54 Å². The zero-order valence-corrected chi connectivity index (χ0v) is 12.8. The molecule has 0 spiro atoms. The molecule has 2 rings (SSSR count). The molecule has 4 nitrogen and oxygen atoms in total. The van der Waals surface area contributed by atoms with Crippen LogP contribution in [0.4, 0.5) is 0 Å². The highest BCUT2D eigenvalue weighted by Crippen LogP contribution is 2.26. The number of nitrogens with one attached hydrogen (secondary N) is 1. The fourth-order valence-electron chi connectivity index (χ4n) is 1.49. The van der Waals surface area contributed by atoms with E-state index in [0.717, 1.165) is 16.5 Å². The highest BCUT2D eigenvalue weighted by Gasteiger charge is 2.14. The van der Waals surface area contributed by atoms with Crippen LogP contribution >= 0.6 is 23.1 Å². The Balaban J connectivity index is 1.85. The third kappa shape index (κ3) is 3.98. The molecule has 1 N–H and O–H groups in total. The molecule has 2 heterocycles. The number of rotatable bonds is 7. The maximum atomic E-state index is 11.7. The second kappa shape index (κ2) is 7.31. The van der Waals surface area contributed by atoms with Crippen LogP contribution in [0.3, 0.4) is 0 Å². The van der Waals surface area contributed by atoms with Gasteiger partial charge in [0.25, 0.3) is 0 Å². The molecule has 0 aliphatic carbocycles. The van der Waals surface area contributed by atoms with E-state index in [4.69, 9.17) is 4.42 Å². The van der Waals surface area contributed by atoms with E-state index in [1.807, 2.05) is 24.4 Å². The molecule has 0 aliphatic rings. The third-order valence-electron chi connectivity index (χ3n) is 2.55. The van der Waals surface area contributed by atoms with Gasteiger partial charge in [0.15, 0.2) is 10.8 Å². The van der Waals surface area contributed by atoms with Crippen molar-refractivity contribution < 1.29 is 9.21 Å². The van der Waals surface area contributed by atoms with Gasteiger partial charge in [0.1, 0.15) is 0 Å². The van der Waals surface area contributed by atoms with E-state index >= 15 is 0 Å². The summed E-state index contributed by atoms with van der Waals surface area (Å²) in [4.78, 5) is 16.2. The van der Waals surface area contributed by atoms with E-state index in [9.17, 15) is 4.79 Å².